The lowest BCUT2D eigenvalue weighted by Crippen LogP contribution is -2.22. The molecule has 3 heteroatoms. The van der Waals surface area contributed by atoms with Crippen LogP contribution >= 0.6 is 27.3 Å². The molecule has 1 unspecified atom stereocenters. The van der Waals surface area contributed by atoms with E-state index in [1.165, 1.54) is 25.4 Å². The molecule has 1 aromatic heterocycles. The highest BCUT2D eigenvalue weighted by atomic mass is 79.9. The lowest BCUT2D eigenvalue weighted by atomic mass is 10.0. The normalized spacial score (nSPS) is 12.6. The summed E-state index contributed by atoms with van der Waals surface area (Å²) in [5.41, 5.74) is 2.66. The minimum atomic E-state index is 0.301. The molecule has 2 rings (SSSR count). The van der Waals surface area contributed by atoms with Gasteiger partial charge < -0.3 is 5.32 Å². The van der Waals surface area contributed by atoms with Crippen molar-refractivity contribution in [3.8, 4) is 0 Å². The second-order valence-electron chi connectivity index (χ2n) is 4.85. The molecule has 1 N–H and O–H groups in total. The van der Waals surface area contributed by atoms with Gasteiger partial charge in [-0.05, 0) is 54.4 Å². The Bertz CT molecular complexity index is 528. The van der Waals surface area contributed by atoms with E-state index in [2.05, 4.69) is 72.3 Å². The summed E-state index contributed by atoms with van der Waals surface area (Å²) in [5.74, 6) is 0. The quantitative estimate of drug-likeness (QED) is 0.788. The SMILES string of the molecule is CCCNC(c1cccc(C)c1)c1cc(Br)c(C)s1. The van der Waals surface area contributed by atoms with Gasteiger partial charge in [0.25, 0.3) is 0 Å². The van der Waals surface area contributed by atoms with Gasteiger partial charge in [0.05, 0.1) is 6.04 Å². The maximum atomic E-state index is 3.66. The zero-order valence-corrected chi connectivity index (χ0v) is 14.1. The molecule has 0 aliphatic heterocycles. The summed E-state index contributed by atoms with van der Waals surface area (Å²) in [6, 6.07) is 11.3. The van der Waals surface area contributed by atoms with Gasteiger partial charge in [-0.1, -0.05) is 36.8 Å². The van der Waals surface area contributed by atoms with Crippen LogP contribution in [0.4, 0.5) is 0 Å². The largest absolute Gasteiger partial charge is 0.306 e. The van der Waals surface area contributed by atoms with E-state index in [0.717, 1.165) is 13.0 Å². The van der Waals surface area contributed by atoms with Crippen molar-refractivity contribution < 1.29 is 0 Å². The zero-order chi connectivity index (χ0) is 13.8. The molecule has 0 saturated carbocycles. The highest BCUT2D eigenvalue weighted by molar-refractivity contribution is 9.10. The van der Waals surface area contributed by atoms with Crippen LogP contribution in [0.1, 0.15) is 40.3 Å². The number of hydrogen-bond acceptors (Lipinski definition) is 2. The predicted molar refractivity (Wildman–Crippen MR) is 88.1 cm³/mol. The first-order valence-corrected chi connectivity index (χ1v) is 8.28. The fraction of sp³-hybridized carbons (Fsp3) is 0.375. The van der Waals surface area contributed by atoms with Gasteiger partial charge in [0, 0.05) is 14.2 Å². The third-order valence-corrected chi connectivity index (χ3v) is 5.34. The number of halogens is 1. The molecule has 1 atom stereocenters. The third-order valence-electron chi connectivity index (χ3n) is 3.13. The Morgan fingerprint density at radius 3 is 2.63 bits per heavy atom. The molecule has 0 aliphatic carbocycles. The summed E-state index contributed by atoms with van der Waals surface area (Å²) >= 11 is 5.49. The Balaban J connectivity index is 2.35. The van der Waals surface area contributed by atoms with Crippen molar-refractivity contribution in [3.05, 3.63) is 55.7 Å². The van der Waals surface area contributed by atoms with Crippen LogP contribution in [0.15, 0.2) is 34.8 Å². The topological polar surface area (TPSA) is 12.0 Å². The molecule has 102 valence electrons. The van der Waals surface area contributed by atoms with Crippen molar-refractivity contribution in [1.82, 2.24) is 5.32 Å². The zero-order valence-electron chi connectivity index (χ0n) is 11.7. The number of hydrogen-bond donors (Lipinski definition) is 1. The molecule has 0 radical (unpaired) electrons. The first-order chi connectivity index (χ1) is 9.11. The Labute approximate surface area is 128 Å². The highest BCUT2D eigenvalue weighted by Gasteiger charge is 2.16. The van der Waals surface area contributed by atoms with Crippen LogP contribution in [0.3, 0.4) is 0 Å². The number of nitrogens with one attached hydrogen (secondary N) is 1. The second kappa shape index (κ2) is 6.69. The highest BCUT2D eigenvalue weighted by Crippen LogP contribution is 2.33. The van der Waals surface area contributed by atoms with Crippen molar-refractivity contribution in [2.24, 2.45) is 0 Å². The van der Waals surface area contributed by atoms with Crippen LogP contribution in [-0.4, -0.2) is 6.54 Å². The Kier molecular flexibility index (Phi) is 5.20. The lowest BCUT2D eigenvalue weighted by molar-refractivity contribution is 0.605. The minimum Gasteiger partial charge on any atom is -0.306 e. The molecule has 1 heterocycles. The van der Waals surface area contributed by atoms with Gasteiger partial charge in [0.2, 0.25) is 0 Å². The van der Waals surface area contributed by atoms with Crippen LogP contribution in [-0.2, 0) is 0 Å². The third kappa shape index (κ3) is 3.68. The van der Waals surface area contributed by atoms with Gasteiger partial charge in [-0.25, -0.2) is 0 Å². The number of benzene rings is 1. The fourth-order valence-electron chi connectivity index (χ4n) is 2.14. The lowest BCUT2D eigenvalue weighted by Gasteiger charge is -2.18. The monoisotopic (exact) mass is 337 g/mol. The molecule has 1 aromatic carbocycles. The van der Waals surface area contributed by atoms with Crippen LogP contribution in [0.2, 0.25) is 0 Å². The van der Waals surface area contributed by atoms with Crippen LogP contribution < -0.4 is 5.32 Å². The Hall–Kier alpha value is -0.640. The smallest absolute Gasteiger partial charge is 0.0671 e. The Morgan fingerprint density at radius 1 is 1.26 bits per heavy atom. The number of thiophene rings is 1. The molecule has 2 aromatic rings. The molecule has 19 heavy (non-hydrogen) atoms. The van der Waals surface area contributed by atoms with Gasteiger partial charge in [-0.15, -0.1) is 11.3 Å². The summed E-state index contributed by atoms with van der Waals surface area (Å²) < 4.78 is 1.21. The molecule has 0 aliphatic rings. The Morgan fingerprint density at radius 2 is 2.05 bits per heavy atom. The van der Waals surface area contributed by atoms with E-state index >= 15 is 0 Å². The molecule has 0 amide bonds. The molecule has 0 spiro atoms. The van der Waals surface area contributed by atoms with E-state index in [9.17, 15) is 0 Å². The van der Waals surface area contributed by atoms with E-state index in [4.69, 9.17) is 0 Å². The summed E-state index contributed by atoms with van der Waals surface area (Å²) in [6.07, 6.45) is 1.15. The summed E-state index contributed by atoms with van der Waals surface area (Å²) in [6.45, 7) is 7.55. The standard InChI is InChI=1S/C16H20BrNS/c1-4-8-18-16(13-7-5-6-11(2)9-13)15-10-14(17)12(3)19-15/h5-7,9-10,16,18H,4,8H2,1-3H3. The van der Waals surface area contributed by atoms with E-state index in [1.807, 2.05) is 11.3 Å². The van der Waals surface area contributed by atoms with Crippen molar-refractivity contribution in [2.45, 2.75) is 33.2 Å². The van der Waals surface area contributed by atoms with Crippen molar-refractivity contribution >= 4 is 27.3 Å². The van der Waals surface area contributed by atoms with Gasteiger partial charge >= 0.3 is 0 Å². The number of aryl methyl sites for hydroxylation is 2. The molecule has 0 saturated heterocycles. The van der Waals surface area contributed by atoms with Gasteiger partial charge in [0.1, 0.15) is 0 Å². The van der Waals surface area contributed by atoms with E-state index in [-0.39, 0.29) is 0 Å². The maximum Gasteiger partial charge on any atom is 0.0671 e. The minimum absolute atomic E-state index is 0.301. The van der Waals surface area contributed by atoms with Crippen LogP contribution in [0.5, 0.6) is 0 Å². The van der Waals surface area contributed by atoms with Gasteiger partial charge in [-0.2, -0.15) is 0 Å². The second-order valence-corrected chi connectivity index (χ2v) is 7.00. The van der Waals surface area contributed by atoms with E-state index < -0.39 is 0 Å². The average Bonchev–Trinajstić information content (AvgIpc) is 2.70. The summed E-state index contributed by atoms with van der Waals surface area (Å²) in [7, 11) is 0. The van der Waals surface area contributed by atoms with Crippen molar-refractivity contribution in [1.29, 1.82) is 0 Å². The van der Waals surface area contributed by atoms with Gasteiger partial charge in [-0.3, -0.25) is 0 Å². The van der Waals surface area contributed by atoms with E-state index in [1.54, 1.807) is 0 Å². The van der Waals surface area contributed by atoms with Crippen LogP contribution in [0, 0.1) is 13.8 Å². The van der Waals surface area contributed by atoms with Crippen molar-refractivity contribution in [3.63, 3.8) is 0 Å². The average molecular weight is 338 g/mol. The molecule has 1 nitrogen and oxygen atoms in total. The molecule has 0 bridgehead atoms. The molecular weight excluding hydrogens is 318 g/mol. The first-order valence-electron chi connectivity index (χ1n) is 6.67. The summed E-state index contributed by atoms with van der Waals surface area (Å²) in [5, 5.41) is 3.66. The maximum absolute atomic E-state index is 3.66. The fourth-order valence-corrected chi connectivity index (χ4v) is 3.81. The van der Waals surface area contributed by atoms with E-state index in [0.29, 0.717) is 6.04 Å². The van der Waals surface area contributed by atoms with Crippen molar-refractivity contribution in [2.75, 3.05) is 6.54 Å². The van der Waals surface area contributed by atoms with Crippen LogP contribution in [0.25, 0.3) is 0 Å². The molecule has 0 fully saturated rings. The van der Waals surface area contributed by atoms with Gasteiger partial charge in [0.15, 0.2) is 0 Å². The first kappa shape index (κ1) is 14.8. The predicted octanol–water partition coefficient (Wildman–Crippen LogP) is 5.22. The number of rotatable bonds is 5. The summed E-state index contributed by atoms with van der Waals surface area (Å²) in [4.78, 5) is 2.72. The molecular formula is C16H20BrNS.